The highest BCUT2D eigenvalue weighted by molar-refractivity contribution is 5.18. The predicted molar refractivity (Wildman–Crippen MR) is 51.6 cm³/mol. The maximum Gasteiger partial charge on any atom is 0.504 e. The molecule has 1 heterocycles. The van der Waals surface area contributed by atoms with Crippen LogP contribution in [-0.4, -0.2) is 9.78 Å². The number of hydrogen-bond donors (Lipinski definition) is 0. The average molecular weight is 220 g/mol. The summed E-state index contributed by atoms with van der Waals surface area (Å²) in [7, 11) is 0. The molecular weight excluding hydrogens is 205 g/mol. The number of alkyl halides is 3. The van der Waals surface area contributed by atoms with Crippen molar-refractivity contribution in [3.63, 3.8) is 0 Å². The second-order valence-corrected chi connectivity index (χ2v) is 4.50. The van der Waals surface area contributed by atoms with Gasteiger partial charge in [0.25, 0.3) is 0 Å². The lowest BCUT2D eigenvalue weighted by atomic mass is 9.92. The van der Waals surface area contributed by atoms with E-state index in [1.165, 1.54) is 6.07 Å². The Hall–Kier alpha value is -1.00. The van der Waals surface area contributed by atoms with Crippen LogP contribution >= 0.6 is 0 Å². The van der Waals surface area contributed by atoms with Gasteiger partial charge in [0, 0.05) is 5.41 Å². The summed E-state index contributed by atoms with van der Waals surface area (Å²) in [4.78, 5) is 0. The first kappa shape index (κ1) is 12.1. The summed E-state index contributed by atoms with van der Waals surface area (Å²) in [5.74, 6) is 0. The van der Waals surface area contributed by atoms with Crippen LogP contribution in [0.25, 0.3) is 0 Å². The van der Waals surface area contributed by atoms with Crippen LogP contribution in [0.4, 0.5) is 13.2 Å². The van der Waals surface area contributed by atoms with Gasteiger partial charge >= 0.3 is 6.30 Å². The lowest BCUT2D eigenvalue weighted by Gasteiger charge is -2.21. The Morgan fingerprint density at radius 1 is 1.27 bits per heavy atom. The van der Waals surface area contributed by atoms with Crippen LogP contribution in [0.15, 0.2) is 6.07 Å². The molecular formula is C10H15F3N2. The van der Waals surface area contributed by atoms with E-state index in [2.05, 4.69) is 5.10 Å². The van der Waals surface area contributed by atoms with Crippen molar-refractivity contribution in [3.8, 4) is 0 Å². The van der Waals surface area contributed by atoms with Gasteiger partial charge in [0.15, 0.2) is 0 Å². The van der Waals surface area contributed by atoms with E-state index in [1.54, 1.807) is 27.7 Å². The molecule has 0 saturated heterocycles. The van der Waals surface area contributed by atoms with E-state index in [9.17, 15) is 13.2 Å². The molecule has 0 unspecified atom stereocenters. The number of rotatable bonds is 1. The number of nitrogens with zero attached hydrogens (tertiary/aromatic N) is 2. The van der Waals surface area contributed by atoms with Crippen LogP contribution in [0.1, 0.15) is 39.1 Å². The number of aromatic nitrogens is 2. The fraction of sp³-hybridized carbons (Fsp3) is 0.700. The quantitative estimate of drug-likeness (QED) is 0.710. The Morgan fingerprint density at radius 2 is 1.80 bits per heavy atom. The second-order valence-electron chi connectivity index (χ2n) is 4.50. The predicted octanol–water partition coefficient (Wildman–Crippen LogP) is 3.22. The van der Waals surface area contributed by atoms with Gasteiger partial charge in [-0.25, -0.2) is 0 Å². The van der Waals surface area contributed by atoms with Crippen molar-refractivity contribution in [1.82, 2.24) is 9.78 Å². The molecule has 0 N–H and O–H groups in total. The summed E-state index contributed by atoms with van der Waals surface area (Å²) in [5.41, 5.74) is 0.111. The van der Waals surface area contributed by atoms with Gasteiger partial charge in [0.2, 0.25) is 0 Å². The third kappa shape index (κ3) is 2.52. The minimum absolute atomic E-state index is 0.172. The normalized spacial score (nSPS) is 13.3. The maximum absolute atomic E-state index is 12.6. The van der Waals surface area contributed by atoms with Crippen LogP contribution in [0.5, 0.6) is 0 Å². The van der Waals surface area contributed by atoms with Gasteiger partial charge in [-0.05, 0) is 12.5 Å². The third-order valence-corrected chi connectivity index (χ3v) is 2.13. The minimum Gasteiger partial charge on any atom is -0.175 e. The fourth-order valence-corrected chi connectivity index (χ4v) is 1.33. The van der Waals surface area contributed by atoms with Gasteiger partial charge in [-0.2, -0.15) is 9.78 Å². The van der Waals surface area contributed by atoms with Crippen molar-refractivity contribution in [2.45, 2.75) is 45.8 Å². The molecule has 0 radical (unpaired) electrons. The Morgan fingerprint density at radius 3 is 2.07 bits per heavy atom. The highest BCUT2D eigenvalue weighted by Crippen LogP contribution is 2.31. The Labute approximate surface area is 87.1 Å². The molecule has 0 bridgehead atoms. The first-order valence-electron chi connectivity index (χ1n) is 4.83. The molecule has 1 rings (SSSR count). The maximum atomic E-state index is 12.6. The van der Waals surface area contributed by atoms with Crippen molar-refractivity contribution < 1.29 is 13.2 Å². The Bertz CT molecular complexity index is 313. The molecule has 0 amide bonds. The lowest BCUT2D eigenvalue weighted by Crippen LogP contribution is -2.27. The van der Waals surface area contributed by atoms with Crippen LogP contribution in [-0.2, 0) is 18.1 Å². The molecule has 1 aromatic rings. The minimum atomic E-state index is -4.43. The van der Waals surface area contributed by atoms with E-state index in [0.717, 1.165) is 0 Å². The van der Waals surface area contributed by atoms with E-state index in [-0.39, 0.29) is 10.4 Å². The zero-order valence-electron chi connectivity index (χ0n) is 9.31. The largest absolute Gasteiger partial charge is 0.504 e. The zero-order chi connectivity index (χ0) is 11.9. The van der Waals surface area contributed by atoms with Gasteiger partial charge in [0.1, 0.15) is 0 Å². The SMILES string of the molecule is CCc1cc(C(C)(C)C)n(C(F)(F)F)n1. The number of aryl methyl sites for hydroxylation is 1. The van der Waals surface area contributed by atoms with Crippen LogP contribution in [0.2, 0.25) is 0 Å². The summed E-state index contributed by atoms with van der Waals surface area (Å²) in [6.45, 7) is 7.01. The topological polar surface area (TPSA) is 17.8 Å². The van der Waals surface area contributed by atoms with Crippen molar-refractivity contribution in [2.75, 3.05) is 0 Å². The van der Waals surface area contributed by atoms with E-state index >= 15 is 0 Å². The molecule has 15 heavy (non-hydrogen) atoms. The third-order valence-electron chi connectivity index (χ3n) is 2.13. The standard InChI is InChI=1S/C10H15F3N2/c1-5-7-6-8(9(2,3)4)15(14-7)10(11,12)13/h6H,5H2,1-4H3. The molecule has 0 atom stereocenters. The molecule has 86 valence electrons. The van der Waals surface area contributed by atoms with Crippen molar-refractivity contribution >= 4 is 0 Å². The Balaban J connectivity index is 3.31. The number of halogens is 3. The zero-order valence-corrected chi connectivity index (χ0v) is 9.31. The first-order valence-corrected chi connectivity index (χ1v) is 4.83. The molecule has 0 aliphatic heterocycles. The average Bonchev–Trinajstić information content (AvgIpc) is 2.44. The smallest absolute Gasteiger partial charge is 0.175 e. The molecule has 1 aromatic heterocycles. The molecule has 0 aromatic carbocycles. The Kier molecular flexibility index (Phi) is 2.85. The van der Waals surface area contributed by atoms with Crippen LogP contribution < -0.4 is 0 Å². The van der Waals surface area contributed by atoms with Crippen molar-refractivity contribution in [1.29, 1.82) is 0 Å². The molecule has 0 aliphatic carbocycles. The van der Waals surface area contributed by atoms with Crippen molar-refractivity contribution in [3.05, 3.63) is 17.5 Å². The monoisotopic (exact) mass is 220 g/mol. The first-order chi connectivity index (χ1) is 6.66. The molecule has 0 saturated carbocycles. The van der Waals surface area contributed by atoms with E-state index in [4.69, 9.17) is 0 Å². The highest BCUT2D eigenvalue weighted by Gasteiger charge is 2.37. The van der Waals surface area contributed by atoms with Gasteiger partial charge in [0.05, 0.1) is 11.4 Å². The van der Waals surface area contributed by atoms with Gasteiger partial charge in [-0.1, -0.05) is 27.7 Å². The highest BCUT2D eigenvalue weighted by atomic mass is 19.4. The van der Waals surface area contributed by atoms with Gasteiger partial charge < -0.3 is 0 Å². The second kappa shape index (κ2) is 3.54. The summed E-state index contributed by atoms with van der Waals surface area (Å²) in [6, 6.07) is 1.52. The summed E-state index contributed by atoms with van der Waals surface area (Å²) < 4.78 is 38.1. The molecule has 0 fully saturated rings. The van der Waals surface area contributed by atoms with Crippen LogP contribution in [0, 0.1) is 0 Å². The summed E-state index contributed by atoms with van der Waals surface area (Å²) in [6.07, 6.45) is -3.93. The molecule has 2 nitrogen and oxygen atoms in total. The van der Waals surface area contributed by atoms with Crippen molar-refractivity contribution in [2.24, 2.45) is 0 Å². The molecule has 0 spiro atoms. The van der Waals surface area contributed by atoms with E-state index in [1.807, 2.05) is 0 Å². The lowest BCUT2D eigenvalue weighted by molar-refractivity contribution is -0.215. The molecule has 0 aliphatic rings. The summed E-state index contributed by atoms with van der Waals surface area (Å²) >= 11 is 0. The van der Waals surface area contributed by atoms with E-state index in [0.29, 0.717) is 12.1 Å². The van der Waals surface area contributed by atoms with E-state index < -0.39 is 11.7 Å². The summed E-state index contributed by atoms with van der Waals surface area (Å²) in [5, 5.41) is 3.56. The number of hydrogen-bond acceptors (Lipinski definition) is 1. The van der Waals surface area contributed by atoms with Gasteiger partial charge in [-0.3, -0.25) is 0 Å². The van der Waals surface area contributed by atoms with Gasteiger partial charge in [-0.15, -0.1) is 13.2 Å². The fourth-order valence-electron chi connectivity index (χ4n) is 1.33. The molecule has 5 heteroatoms. The van der Waals surface area contributed by atoms with Crippen LogP contribution in [0.3, 0.4) is 0 Å².